The van der Waals surface area contributed by atoms with Gasteiger partial charge in [0.05, 0.1) is 22.1 Å². The molecule has 1 saturated heterocycles. The highest BCUT2D eigenvalue weighted by Crippen LogP contribution is 2.65. The number of nitrogens with one attached hydrogen (secondary N) is 4. The molecule has 13 heteroatoms. The van der Waals surface area contributed by atoms with E-state index < -0.39 is 73.2 Å². The van der Waals surface area contributed by atoms with Crippen molar-refractivity contribution in [3.63, 3.8) is 0 Å². The van der Waals surface area contributed by atoms with Crippen LogP contribution in [0.5, 0.6) is 0 Å². The van der Waals surface area contributed by atoms with Crippen LogP contribution >= 0.6 is 0 Å². The van der Waals surface area contributed by atoms with E-state index in [0.717, 1.165) is 0 Å². The molecule has 4 N–H and O–H groups in total. The van der Waals surface area contributed by atoms with E-state index in [1.54, 1.807) is 48.5 Å². The average molecular weight is 696 g/mol. The van der Waals surface area contributed by atoms with Crippen molar-refractivity contribution in [1.29, 1.82) is 0 Å². The number of ketones is 1. The Morgan fingerprint density at radius 1 is 1.00 bits per heavy atom. The molecule has 1 unspecified atom stereocenters. The van der Waals surface area contributed by atoms with Gasteiger partial charge in [-0.1, -0.05) is 67.9 Å². The predicted octanol–water partition coefficient (Wildman–Crippen LogP) is 3.36. The third-order valence-corrected chi connectivity index (χ3v) is 12.6. The number of urea groups is 1. The van der Waals surface area contributed by atoms with Gasteiger partial charge in [-0.3, -0.25) is 19.2 Å². The Morgan fingerprint density at radius 2 is 1.58 bits per heavy atom. The van der Waals surface area contributed by atoms with Gasteiger partial charge < -0.3 is 26.2 Å². The van der Waals surface area contributed by atoms with Crippen LogP contribution in [0.1, 0.15) is 102 Å². The summed E-state index contributed by atoms with van der Waals surface area (Å²) >= 11 is 0. The summed E-state index contributed by atoms with van der Waals surface area (Å²) in [5.74, 6) is -2.88. The average Bonchev–Trinajstić information content (AvgIpc) is 3.24. The summed E-state index contributed by atoms with van der Waals surface area (Å²) in [5, 5.41) is 10.9. The maximum Gasteiger partial charge on any atom is 0.315 e. The van der Waals surface area contributed by atoms with Crippen molar-refractivity contribution in [2.45, 2.75) is 131 Å². The first-order valence-electron chi connectivity index (χ1n) is 17.1. The molecule has 5 amide bonds. The van der Waals surface area contributed by atoms with Crippen LogP contribution in [0, 0.1) is 28.6 Å². The highest BCUT2D eigenvalue weighted by atomic mass is 32.2. The minimum Gasteiger partial charge on any atom is -0.346 e. The Bertz CT molecular complexity index is 1360. The molecule has 274 valence electrons. The second kappa shape index (κ2) is 14.9. The summed E-state index contributed by atoms with van der Waals surface area (Å²) in [6, 6.07) is -3.71. The van der Waals surface area contributed by atoms with Gasteiger partial charge in [-0.2, -0.15) is 0 Å². The standard InChI is InChI=1S/C35H61N5O7S/c1-14-16-23(26(41)29(43)36-17-15-2)37-28(42)25-24-22(34(24,11)12)19-40(25)30(44)27(32(5,6)7)38-31(45)39-35(13,18-21(3)4)20-48(46,47)33(8,9)10/h15,21-25,27H,2,14,16-20H2,1,3-13H3,(H,36,43)(H,37,42)(H2,38,39,45)/t22-,23?,24-,25-,27+,35-/m0/s1. The lowest BCUT2D eigenvalue weighted by Gasteiger charge is -2.39. The van der Waals surface area contributed by atoms with Gasteiger partial charge >= 0.3 is 6.03 Å². The van der Waals surface area contributed by atoms with E-state index >= 15 is 0 Å². The van der Waals surface area contributed by atoms with E-state index in [0.29, 0.717) is 19.4 Å². The lowest BCUT2D eigenvalue weighted by atomic mass is 9.85. The van der Waals surface area contributed by atoms with Crippen molar-refractivity contribution in [2.75, 3.05) is 18.8 Å². The van der Waals surface area contributed by atoms with E-state index in [9.17, 15) is 32.4 Å². The Hall–Kier alpha value is -2.96. The Morgan fingerprint density at radius 3 is 2.06 bits per heavy atom. The molecule has 1 saturated carbocycles. The first-order valence-corrected chi connectivity index (χ1v) is 18.7. The predicted molar refractivity (Wildman–Crippen MR) is 188 cm³/mol. The monoisotopic (exact) mass is 695 g/mol. The first kappa shape index (κ1) is 41.2. The number of rotatable bonds is 15. The van der Waals surface area contributed by atoms with Crippen molar-refractivity contribution in [3.05, 3.63) is 12.7 Å². The highest BCUT2D eigenvalue weighted by Gasteiger charge is 2.70. The third-order valence-electron chi connectivity index (χ3n) is 9.71. The van der Waals surface area contributed by atoms with Crippen LogP contribution < -0.4 is 21.3 Å². The molecule has 2 fully saturated rings. The minimum atomic E-state index is -3.61. The minimum absolute atomic E-state index is 0.0415. The number of hydrogen-bond acceptors (Lipinski definition) is 7. The fourth-order valence-electron chi connectivity index (χ4n) is 6.98. The Balaban J connectivity index is 2.37. The molecule has 0 spiro atoms. The van der Waals surface area contributed by atoms with Crippen molar-refractivity contribution in [1.82, 2.24) is 26.2 Å². The summed E-state index contributed by atoms with van der Waals surface area (Å²) in [5.41, 5.74) is -2.12. The fraction of sp³-hybridized carbons (Fsp3) is 0.800. The van der Waals surface area contributed by atoms with E-state index in [4.69, 9.17) is 0 Å². The second-order valence-corrected chi connectivity index (χ2v) is 19.8. The van der Waals surface area contributed by atoms with Crippen LogP contribution in [0.2, 0.25) is 0 Å². The lowest BCUT2D eigenvalue weighted by Crippen LogP contribution is -2.63. The summed E-state index contributed by atoms with van der Waals surface area (Å²) < 4.78 is 25.4. The maximum atomic E-state index is 14.4. The van der Waals surface area contributed by atoms with Gasteiger partial charge in [-0.25, -0.2) is 13.2 Å². The van der Waals surface area contributed by atoms with Crippen LogP contribution in [0.25, 0.3) is 0 Å². The molecule has 0 aromatic rings. The summed E-state index contributed by atoms with van der Waals surface area (Å²) in [4.78, 5) is 68.9. The molecule has 6 atom stereocenters. The summed E-state index contributed by atoms with van der Waals surface area (Å²) in [6.07, 6.45) is 2.62. The number of Topliss-reactive ketones (excluding diaryl/α,β-unsaturated/α-hetero) is 1. The normalized spacial score (nSPS) is 22.9. The molecule has 2 rings (SSSR count). The van der Waals surface area contributed by atoms with Crippen molar-refractivity contribution in [3.8, 4) is 0 Å². The van der Waals surface area contributed by atoms with Crippen molar-refractivity contribution >= 4 is 39.4 Å². The molecule has 0 aromatic heterocycles. The largest absolute Gasteiger partial charge is 0.346 e. The van der Waals surface area contributed by atoms with Crippen LogP contribution in [-0.4, -0.2) is 90.1 Å². The lowest BCUT2D eigenvalue weighted by molar-refractivity contribution is -0.145. The topological polar surface area (TPSA) is 171 Å². The second-order valence-electron chi connectivity index (χ2n) is 17.0. The molecular formula is C35H61N5O7S. The Kier molecular flexibility index (Phi) is 12.8. The smallest absolute Gasteiger partial charge is 0.315 e. The number of carbonyl (C=O) groups excluding carboxylic acids is 5. The number of amides is 5. The van der Waals surface area contributed by atoms with E-state index in [2.05, 4.69) is 27.8 Å². The maximum absolute atomic E-state index is 14.4. The van der Waals surface area contributed by atoms with Crippen molar-refractivity contribution < 1.29 is 32.4 Å². The first-order chi connectivity index (χ1) is 21.7. The van der Waals surface area contributed by atoms with Crippen molar-refractivity contribution in [2.24, 2.45) is 28.6 Å². The van der Waals surface area contributed by atoms with Gasteiger partial charge in [0, 0.05) is 13.1 Å². The SMILES string of the molecule is C=CCNC(=O)C(=O)C(CCC)NC(=O)[C@@H]1[C@@H]2[C@H](CN1C(=O)[C@@H](NC(=O)N[C@@](C)(CC(C)C)CS(=O)(=O)C(C)(C)C)C(C)(C)C)C2(C)C. The number of likely N-dealkylation sites (tertiary alicyclic amines) is 1. The molecule has 48 heavy (non-hydrogen) atoms. The van der Waals surface area contributed by atoms with E-state index in [-0.39, 0.29) is 41.9 Å². The fourth-order valence-corrected chi connectivity index (χ4v) is 8.44. The highest BCUT2D eigenvalue weighted by molar-refractivity contribution is 7.92. The molecule has 12 nitrogen and oxygen atoms in total. The molecule has 1 aliphatic heterocycles. The molecule has 2 aliphatic rings. The molecule has 0 aromatic carbocycles. The zero-order chi connectivity index (χ0) is 37.2. The summed E-state index contributed by atoms with van der Waals surface area (Å²) in [6.45, 7) is 25.7. The summed E-state index contributed by atoms with van der Waals surface area (Å²) in [7, 11) is -3.61. The molecular weight excluding hydrogens is 634 g/mol. The number of sulfone groups is 1. The zero-order valence-electron chi connectivity index (χ0n) is 31.2. The van der Waals surface area contributed by atoms with E-state index in [1.807, 2.05) is 34.6 Å². The van der Waals surface area contributed by atoms with Crippen LogP contribution in [0.15, 0.2) is 12.7 Å². The number of piperidine rings is 1. The molecule has 0 bridgehead atoms. The molecule has 1 heterocycles. The van der Waals surface area contributed by atoms with Gasteiger partial charge in [-0.15, -0.1) is 6.58 Å². The van der Waals surface area contributed by atoms with Gasteiger partial charge in [-0.05, 0) is 69.1 Å². The number of fused-ring (bicyclic) bond motifs is 1. The van der Waals surface area contributed by atoms with E-state index in [1.165, 1.54) is 11.0 Å². The van der Waals surface area contributed by atoms with Crippen LogP contribution in [0.4, 0.5) is 4.79 Å². The quantitative estimate of drug-likeness (QED) is 0.150. The number of carbonyl (C=O) groups is 5. The molecule has 1 aliphatic carbocycles. The molecule has 0 radical (unpaired) electrons. The van der Waals surface area contributed by atoms with Crippen LogP contribution in [-0.2, 0) is 29.0 Å². The number of hydrogen-bond donors (Lipinski definition) is 4. The van der Waals surface area contributed by atoms with Gasteiger partial charge in [0.15, 0.2) is 9.84 Å². The van der Waals surface area contributed by atoms with Gasteiger partial charge in [0.2, 0.25) is 17.6 Å². The number of nitrogens with zero attached hydrogens (tertiary/aromatic N) is 1. The van der Waals surface area contributed by atoms with Gasteiger partial charge in [0.1, 0.15) is 12.1 Å². The Labute approximate surface area is 288 Å². The van der Waals surface area contributed by atoms with Crippen LogP contribution in [0.3, 0.4) is 0 Å². The zero-order valence-corrected chi connectivity index (χ0v) is 32.0. The third kappa shape index (κ3) is 9.59. The van der Waals surface area contributed by atoms with Gasteiger partial charge in [0.25, 0.3) is 5.91 Å².